The maximum Gasteiger partial charge on any atom is 0.118 e. The molecule has 20 heavy (non-hydrogen) atoms. The molecule has 1 aromatic carbocycles. The van der Waals surface area contributed by atoms with Crippen LogP contribution in [0.3, 0.4) is 0 Å². The van der Waals surface area contributed by atoms with Gasteiger partial charge in [-0.15, -0.1) is 0 Å². The number of ether oxygens (including phenoxy) is 1. The minimum atomic E-state index is 0.116. The zero-order valence-electron chi connectivity index (χ0n) is 12.0. The fourth-order valence-corrected chi connectivity index (χ4v) is 2.13. The van der Waals surface area contributed by atoms with E-state index >= 15 is 0 Å². The summed E-state index contributed by atoms with van der Waals surface area (Å²) in [5.41, 5.74) is 6.27. The van der Waals surface area contributed by atoms with E-state index in [1.807, 2.05) is 31.3 Å². The minimum absolute atomic E-state index is 0.116. The van der Waals surface area contributed by atoms with Crippen molar-refractivity contribution < 1.29 is 4.74 Å². The molecule has 1 heterocycles. The Kier molecular flexibility index (Phi) is 5.09. The summed E-state index contributed by atoms with van der Waals surface area (Å²) in [4.78, 5) is 4.31. The first-order chi connectivity index (χ1) is 9.72. The number of benzene rings is 1. The predicted molar refractivity (Wildman–Crippen MR) is 80.4 cm³/mol. The molecule has 0 saturated carbocycles. The zero-order chi connectivity index (χ0) is 14.4. The van der Waals surface area contributed by atoms with Gasteiger partial charge in [-0.25, -0.2) is 0 Å². The fourth-order valence-electron chi connectivity index (χ4n) is 2.13. The molecule has 4 nitrogen and oxygen atoms in total. The van der Waals surface area contributed by atoms with E-state index in [9.17, 15) is 0 Å². The molecule has 0 aliphatic rings. The monoisotopic (exact) mass is 271 g/mol. The third-order valence-corrected chi connectivity index (χ3v) is 3.42. The second-order valence-electron chi connectivity index (χ2n) is 4.84. The van der Waals surface area contributed by atoms with Crippen LogP contribution in [0, 0.1) is 6.92 Å². The smallest absolute Gasteiger partial charge is 0.118 e. The van der Waals surface area contributed by atoms with Crippen molar-refractivity contribution in [1.82, 2.24) is 10.4 Å². The fraction of sp³-hybridized carbons (Fsp3) is 0.312. The van der Waals surface area contributed by atoms with Crippen LogP contribution in [-0.2, 0) is 6.42 Å². The molecular formula is C16H21N3O. The highest BCUT2D eigenvalue weighted by molar-refractivity contribution is 5.27. The van der Waals surface area contributed by atoms with Crippen LogP contribution >= 0.6 is 0 Å². The lowest BCUT2D eigenvalue weighted by Gasteiger charge is -2.16. The number of rotatable bonds is 6. The van der Waals surface area contributed by atoms with Crippen LogP contribution < -0.4 is 16.0 Å². The topological polar surface area (TPSA) is 60.2 Å². The normalized spacial score (nSPS) is 12.2. The molecule has 1 atom stereocenters. The predicted octanol–water partition coefficient (Wildman–Crippen LogP) is 2.54. The van der Waals surface area contributed by atoms with Gasteiger partial charge in [-0.3, -0.25) is 16.3 Å². The number of hydrazine groups is 1. The molecule has 0 aliphatic heterocycles. The number of nitrogens with one attached hydrogen (secondary N) is 1. The Hall–Kier alpha value is -1.91. The van der Waals surface area contributed by atoms with Gasteiger partial charge in [0.05, 0.1) is 7.11 Å². The molecule has 0 radical (unpaired) electrons. The molecule has 4 heteroatoms. The second-order valence-corrected chi connectivity index (χ2v) is 4.84. The Morgan fingerprint density at radius 3 is 2.50 bits per heavy atom. The number of pyridine rings is 1. The number of nitrogens with zero attached hydrogens (tertiary/aromatic N) is 1. The van der Waals surface area contributed by atoms with Crippen LogP contribution in [0.15, 0.2) is 42.6 Å². The first-order valence-electron chi connectivity index (χ1n) is 6.74. The van der Waals surface area contributed by atoms with Gasteiger partial charge in [-0.2, -0.15) is 0 Å². The Labute approximate surface area is 120 Å². The zero-order valence-corrected chi connectivity index (χ0v) is 12.0. The Bertz CT molecular complexity index is 522. The van der Waals surface area contributed by atoms with Crippen molar-refractivity contribution in [3.8, 4) is 5.75 Å². The Morgan fingerprint density at radius 2 is 1.95 bits per heavy atom. The van der Waals surface area contributed by atoms with Gasteiger partial charge < -0.3 is 4.74 Å². The highest BCUT2D eigenvalue weighted by Gasteiger charge is 2.10. The van der Waals surface area contributed by atoms with E-state index in [-0.39, 0.29) is 6.04 Å². The van der Waals surface area contributed by atoms with Gasteiger partial charge in [0, 0.05) is 17.9 Å². The van der Waals surface area contributed by atoms with Crippen LogP contribution in [0.4, 0.5) is 0 Å². The first kappa shape index (κ1) is 14.5. The van der Waals surface area contributed by atoms with E-state index in [0.29, 0.717) is 0 Å². The van der Waals surface area contributed by atoms with Crippen molar-refractivity contribution in [1.29, 1.82) is 0 Å². The lowest BCUT2D eigenvalue weighted by molar-refractivity contribution is 0.414. The highest BCUT2D eigenvalue weighted by atomic mass is 16.5. The standard InChI is InChI=1S/C16H21N3O/c1-12-3-7-14(11-18-12)16(19-17)10-6-13-4-8-15(20-2)9-5-13/h3-5,7-9,11,16,19H,6,10,17H2,1-2H3. The average Bonchev–Trinajstić information content (AvgIpc) is 2.50. The largest absolute Gasteiger partial charge is 0.497 e. The quantitative estimate of drug-likeness (QED) is 0.626. The summed E-state index contributed by atoms with van der Waals surface area (Å²) in [6, 6.07) is 12.3. The number of hydrogen-bond acceptors (Lipinski definition) is 4. The van der Waals surface area contributed by atoms with Gasteiger partial charge in [0.25, 0.3) is 0 Å². The molecule has 0 saturated heterocycles. The minimum Gasteiger partial charge on any atom is -0.497 e. The van der Waals surface area contributed by atoms with Crippen molar-refractivity contribution in [2.45, 2.75) is 25.8 Å². The summed E-state index contributed by atoms with van der Waals surface area (Å²) in [5, 5.41) is 0. The van der Waals surface area contributed by atoms with Crippen LogP contribution in [0.25, 0.3) is 0 Å². The van der Waals surface area contributed by atoms with Crippen LogP contribution in [0.2, 0.25) is 0 Å². The van der Waals surface area contributed by atoms with Crippen LogP contribution in [0.5, 0.6) is 5.75 Å². The number of aryl methyl sites for hydroxylation is 2. The molecule has 0 amide bonds. The van der Waals surface area contributed by atoms with Crippen molar-refractivity contribution in [3.05, 3.63) is 59.4 Å². The number of methoxy groups -OCH3 is 1. The van der Waals surface area contributed by atoms with Gasteiger partial charge >= 0.3 is 0 Å². The van der Waals surface area contributed by atoms with Gasteiger partial charge in [-0.05, 0) is 49.1 Å². The summed E-state index contributed by atoms with van der Waals surface area (Å²) in [6.45, 7) is 1.98. The van der Waals surface area contributed by atoms with E-state index in [2.05, 4.69) is 28.6 Å². The molecular weight excluding hydrogens is 250 g/mol. The average molecular weight is 271 g/mol. The van der Waals surface area contributed by atoms with E-state index in [1.54, 1.807) is 7.11 Å². The molecule has 2 rings (SSSR count). The second kappa shape index (κ2) is 7.03. The van der Waals surface area contributed by atoms with Gasteiger partial charge in [-0.1, -0.05) is 18.2 Å². The van der Waals surface area contributed by atoms with E-state index in [4.69, 9.17) is 10.6 Å². The lowest BCUT2D eigenvalue weighted by Crippen LogP contribution is -2.28. The van der Waals surface area contributed by atoms with Crippen molar-refractivity contribution in [2.24, 2.45) is 5.84 Å². The van der Waals surface area contributed by atoms with Crippen molar-refractivity contribution in [2.75, 3.05) is 7.11 Å². The summed E-state index contributed by atoms with van der Waals surface area (Å²) in [5.74, 6) is 6.53. The number of aromatic nitrogens is 1. The molecule has 1 unspecified atom stereocenters. The molecule has 0 bridgehead atoms. The van der Waals surface area contributed by atoms with Gasteiger partial charge in [0.2, 0.25) is 0 Å². The summed E-state index contributed by atoms with van der Waals surface area (Å²) >= 11 is 0. The SMILES string of the molecule is COc1ccc(CCC(NN)c2ccc(C)nc2)cc1. The maximum absolute atomic E-state index is 5.65. The van der Waals surface area contributed by atoms with Crippen LogP contribution in [0.1, 0.15) is 29.3 Å². The van der Waals surface area contributed by atoms with Crippen molar-refractivity contribution >= 4 is 0 Å². The highest BCUT2D eigenvalue weighted by Crippen LogP contribution is 2.19. The van der Waals surface area contributed by atoms with E-state index in [1.165, 1.54) is 5.56 Å². The number of hydrogen-bond donors (Lipinski definition) is 2. The molecule has 3 N–H and O–H groups in total. The summed E-state index contributed by atoms with van der Waals surface area (Å²) in [6.07, 6.45) is 3.76. The van der Waals surface area contributed by atoms with Crippen molar-refractivity contribution in [3.63, 3.8) is 0 Å². The molecule has 1 aromatic heterocycles. The summed E-state index contributed by atoms with van der Waals surface area (Å²) in [7, 11) is 1.67. The van der Waals surface area contributed by atoms with Crippen LogP contribution in [-0.4, -0.2) is 12.1 Å². The lowest BCUT2D eigenvalue weighted by atomic mass is 10.0. The maximum atomic E-state index is 5.65. The number of nitrogens with two attached hydrogens (primary N) is 1. The van der Waals surface area contributed by atoms with E-state index < -0.39 is 0 Å². The molecule has 2 aromatic rings. The van der Waals surface area contributed by atoms with Gasteiger partial charge in [0.1, 0.15) is 5.75 Å². The third-order valence-electron chi connectivity index (χ3n) is 3.42. The van der Waals surface area contributed by atoms with E-state index in [0.717, 1.165) is 29.8 Å². The first-order valence-corrected chi connectivity index (χ1v) is 6.74. The molecule has 0 spiro atoms. The summed E-state index contributed by atoms with van der Waals surface area (Å²) < 4.78 is 5.16. The Morgan fingerprint density at radius 1 is 1.20 bits per heavy atom. The third kappa shape index (κ3) is 3.79. The molecule has 106 valence electrons. The Balaban J connectivity index is 1.97. The van der Waals surface area contributed by atoms with Gasteiger partial charge in [0.15, 0.2) is 0 Å². The molecule has 0 fully saturated rings. The molecule has 0 aliphatic carbocycles.